The zero-order valence-electron chi connectivity index (χ0n) is 12.5. The molecule has 0 radical (unpaired) electrons. The maximum atomic E-state index is 11.8. The molecule has 0 atom stereocenters. The number of amides is 1. The first-order valence-electron chi connectivity index (χ1n) is 7.32. The summed E-state index contributed by atoms with van der Waals surface area (Å²) in [6.07, 6.45) is 2.22. The lowest BCUT2D eigenvalue weighted by atomic mass is 9.97. The van der Waals surface area contributed by atoms with Crippen LogP contribution in [-0.2, 0) is 9.53 Å². The summed E-state index contributed by atoms with van der Waals surface area (Å²) >= 11 is 0. The van der Waals surface area contributed by atoms with Gasteiger partial charge in [0.15, 0.2) is 0 Å². The van der Waals surface area contributed by atoms with Gasteiger partial charge >= 0.3 is 0 Å². The molecule has 0 bridgehead atoms. The molecule has 2 aliphatic rings. The van der Waals surface area contributed by atoms with Crippen molar-refractivity contribution in [1.82, 2.24) is 0 Å². The Labute approximate surface area is 124 Å². The molecular formula is C16H20N2O3. The molecule has 0 aromatic heterocycles. The summed E-state index contributed by atoms with van der Waals surface area (Å²) in [6.45, 7) is 2.79. The molecule has 1 fully saturated rings. The zero-order chi connectivity index (χ0) is 15.0. The monoisotopic (exact) mass is 288 g/mol. The molecule has 3 rings (SSSR count). The Morgan fingerprint density at radius 1 is 1.24 bits per heavy atom. The highest BCUT2D eigenvalue weighted by Crippen LogP contribution is 2.33. The number of fused-ring (bicyclic) bond motifs is 1. The lowest BCUT2D eigenvalue weighted by Gasteiger charge is -2.33. The molecule has 21 heavy (non-hydrogen) atoms. The molecule has 2 heterocycles. The minimum atomic E-state index is -0.444. The summed E-state index contributed by atoms with van der Waals surface area (Å²) in [6, 6.07) is 5.67. The van der Waals surface area contributed by atoms with Crippen molar-refractivity contribution in [2.24, 2.45) is 5.92 Å². The van der Waals surface area contributed by atoms with E-state index in [1.165, 1.54) is 4.90 Å². The standard InChI is InChI=1S/C16H20N2O3/c1-17-14-9-12(3-4-13(14)15(19)16(17)20)18-7-5-11(6-8-18)10-21-2/h3-4,9,11H,5-8,10H2,1-2H3. The van der Waals surface area contributed by atoms with E-state index in [4.69, 9.17) is 4.74 Å². The number of likely N-dealkylation sites (N-methyl/N-ethyl adjacent to an activating group) is 1. The van der Waals surface area contributed by atoms with Crippen molar-refractivity contribution in [3.63, 3.8) is 0 Å². The van der Waals surface area contributed by atoms with Gasteiger partial charge in [-0.15, -0.1) is 0 Å². The number of hydrogen-bond donors (Lipinski definition) is 0. The number of benzene rings is 1. The number of carbonyl (C=O) groups excluding carboxylic acids is 2. The summed E-state index contributed by atoms with van der Waals surface area (Å²) in [5.41, 5.74) is 2.32. The Morgan fingerprint density at radius 3 is 2.62 bits per heavy atom. The predicted octanol–water partition coefficient (Wildman–Crippen LogP) is 1.71. The van der Waals surface area contributed by atoms with E-state index in [0.717, 1.165) is 43.9 Å². The average molecular weight is 288 g/mol. The second-order valence-corrected chi connectivity index (χ2v) is 5.78. The van der Waals surface area contributed by atoms with E-state index in [1.807, 2.05) is 12.1 Å². The lowest BCUT2D eigenvalue weighted by molar-refractivity contribution is -0.114. The molecule has 112 valence electrons. The molecule has 1 aromatic carbocycles. The van der Waals surface area contributed by atoms with E-state index < -0.39 is 11.7 Å². The Balaban J connectivity index is 1.77. The van der Waals surface area contributed by atoms with E-state index in [1.54, 1.807) is 20.2 Å². The summed E-state index contributed by atoms with van der Waals surface area (Å²) in [7, 11) is 3.40. The third-order valence-corrected chi connectivity index (χ3v) is 4.47. The Hall–Kier alpha value is -1.88. The van der Waals surface area contributed by atoms with E-state index in [2.05, 4.69) is 4.90 Å². The number of hydrogen-bond acceptors (Lipinski definition) is 4. The van der Waals surface area contributed by atoms with Crippen LogP contribution in [0.2, 0.25) is 0 Å². The Morgan fingerprint density at radius 2 is 1.95 bits per heavy atom. The number of carbonyl (C=O) groups is 2. The number of piperidine rings is 1. The van der Waals surface area contributed by atoms with Gasteiger partial charge in [-0.1, -0.05) is 0 Å². The van der Waals surface area contributed by atoms with Crippen LogP contribution < -0.4 is 9.80 Å². The maximum absolute atomic E-state index is 11.8. The SMILES string of the molecule is COCC1CCN(c2ccc3c(c2)N(C)C(=O)C3=O)CC1. The van der Waals surface area contributed by atoms with Crippen LogP contribution in [0.25, 0.3) is 0 Å². The molecule has 0 spiro atoms. The molecule has 0 unspecified atom stereocenters. The minimum absolute atomic E-state index is 0.405. The van der Waals surface area contributed by atoms with Crippen molar-refractivity contribution in [2.75, 3.05) is 43.7 Å². The molecular weight excluding hydrogens is 268 g/mol. The number of ketones is 1. The van der Waals surface area contributed by atoms with Crippen molar-refractivity contribution in [1.29, 1.82) is 0 Å². The Kier molecular flexibility index (Phi) is 3.68. The second kappa shape index (κ2) is 5.48. The molecule has 0 saturated carbocycles. The largest absolute Gasteiger partial charge is 0.384 e. The van der Waals surface area contributed by atoms with Crippen LogP contribution in [0.1, 0.15) is 23.2 Å². The average Bonchev–Trinajstić information content (AvgIpc) is 2.73. The van der Waals surface area contributed by atoms with Gasteiger partial charge in [-0.25, -0.2) is 0 Å². The van der Waals surface area contributed by atoms with Gasteiger partial charge in [-0.05, 0) is 37.0 Å². The summed E-state index contributed by atoms with van der Waals surface area (Å²) in [5, 5.41) is 0. The molecule has 1 amide bonds. The van der Waals surface area contributed by atoms with E-state index >= 15 is 0 Å². The number of rotatable bonds is 3. The molecule has 2 aliphatic heterocycles. The lowest BCUT2D eigenvalue weighted by Crippen LogP contribution is -2.35. The van der Waals surface area contributed by atoms with Gasteiger partial charge in [-0.2, -0.15) is 0 Å². The van der Waals surface area contributed by atoms with Gasteiger partial charge < -0.3 is 14.5 Å². The van der Waals surface area contributed by atoms with Crippen LogP contribution >= 0.6 is 0 Å². The van der Waals surface area contributed by atoms with E-state index in [0.29, 0.717) is 11.5 Å². The second-order valence-electron chi connectivity index (χ2n) is 5.78. The highest BCUT2D eigenvalue weighted by Gasteiger charge is 2.33. The van der Waals surface area contributed by atoms with Crippen molar-refractivity contribution in [3.05, 3.63) is 23.8 Å². The number of nitrogens with zero attached hydrogens (tertiary/aromatic N) is 2. The van der Waals surface area contributed by atoms with E-state index in [-0.39, 0.29) is 0 Å². The molecule has 0 aliphatic carbocycles. The van der Waals surface area contributed by atoms with Gasteiger partial charge in [0.1, 0.15) is 0 Å². The number of Topliss-reactive ketones (excluding diaryl/α,β-unsaturated/α-hetero) is 1. The predicted molar refractivity (Wildman–Crippen MR) is 81.0 cm³/mol. The third-order valence-electron chi connectivity index (χ3n) is 4.47. The van der Waals surface area contributed by atoms with Crippen molar-refractivity contribution >= 4 is 23.1 Å². The maximum Gasteiger partial charge on any atom is 0.299 e. The van der Waals surface area contributed by atoms with Crippen LogP contribution in [0.3, 0.4) is 0 Å². The first-order chi connectivity index (χ1) is 10.1. The third kappa shape index (κ3) is 2.42. The minimum Gasteiger partial charge on any atom is -0.384 e. The quantitative estimate of drug-likeness (QED) is 0.795. The number of anilines is 2. The van der Waals surface area contributed by atoms with Gasteiger partial charge in [0.2, 0.25) is 0 Å². The topological polar surface area (TPSA) is 49.9 Å². The highest BCUT2D eigenvalue weighted by molar-refractivity contribution is 6.52. The van der Waals surface area contributed by atoms with Crippen LogP contribution in [-0.4, -0.2) is 45.5 Å². The fourth-order valence-corrected chi connectivity index (χ4v) is 3.16. The van der Waals surface area contributed by atoms with Gasteiger partial charge in [0, 0.05) is 39.5 Å². The van der Waals surface area contributed by atoms with Crippen molar-refractivity contribution in [2.45, 2.75) is 12.8 Å². The number of methoxy groups -OCH3 is 1. The molecule has 1 aromatic rings. The van der Waals surface area contributed by atoms with Gasteiger partial charge in [0.25, 0.3) is 11.7 Å². The van der Waals surface area contributed by atoms with Crippen LogP contribution in [0, 0.1) is 5.92 Å². The molecule has 5 heteroatoms. The normalized spacial score (nSPS) is 19.3. The summed E-state index contributed by atoms with van der Waals surface area (Å²) < 4.78 is 5.22. The molecule has 0 N–H and O–H groups in total. The van der Waals surface area contributed by atoms with Crippen molar-refractivity contribution in [3.8, 4) is 0 Å². The van der Waals surface area contributed by atoms with Gasteiger partial charge in [0.05, 0.1) is 11.3 Å². The molecule has 1 saturated heterocycles. The van der Waals surface area contributed by atoms with Gasteiger partial charge in [-0.3, -0.25) is 9.59 Å². The van der Waals surface area contributed by atoms with Crippen LogP contribution in [0.4, 0.5) is 11.4 Å². The zero-order valence-corrected chi connectivity index (χ0v) is 12.5. The smallest absolute Gasteiger partial charge is 0.299 e. The van der Waals surface area contributed by atoms with E-state index in [9.17, 15) is 9.59 Å². The van der Waals surface area contributed by atoms with Crippen LogP contribution in [0.5, 0.6) is 0 Å². The Bertz CT molecular complexity index is 577. The summed E-state index contributed by atoms with van der Waals surface area (Å²) in [4.78, 5) is 27.3. The fourth-order valence-electron chi connectivity index (χ4n) is 3.16. The number of ether oxygens (including phenoxy) is 1. The van der Waals surface area contributed by atoms with Crippen LogP contribution in [0.15, 0.2) is 18.2 Å². The van der Waals surface area contributed by atoms with Crippen molar-refractivity contribution < 1.29 is 14.3 Å². The first-order valence-corrected chi connectivity index (χ1v) is 7.32. The highest BCUT2D eigenvalue weighted by atomic mass is 16.5. The first kappa shape index (κ1) is 14.1. The fraction of sp³-hybridized carbons (Fsp3) is 0.500. The molecule has 5 nitrogen and oxygen atoms in total. The summed E-state index contributed by atoms with van der Waals surface area (Å²) in [5.74, 6) is -0.217.